The van der Waals surface area contributed by atoms with Crippen molar-refractivity contribution in [1.82, 2.24) is 0 Å². The van der Waals surface area contributed by atoms with Gasteiger partial charge in [-0.1, -0.05) is 12.1 Å². The second-order valence-corrected chi connectivity index (χ2v) is 5.57. The molecule has 2 amide bonds. The third-order valence-corrected chi connectivity index (χ3v) is 3.72. The Morgan fingerprint density at radius 3 is 2.04 bits per heavy atom. The highest BCUT2D eigenvalue weighted by Crippen LogP contribution is 2.20. The average Bonchev–Trinajstić information content (AvgIpc) is 2.55. The number of amides is 2. The summed E-state index contributed by atoms with van der Waals surface area (Å²) >= 11 is 0. The first-order valence-corrected chi connectivity index (χ1v) is 7.46. The molecule has 2 rings (SSSR count). The summed E-state index contributed by atoms with van der Waals surface area (Å²) in [6, 6.07) is 13.3. The molecule has 126 valence electrons. The SMILES string of the molecule is CN(C)c1ccc(N(CCc2ccc([N+](=O)[O-])cc2)C(N)=O)cc1. The van der Waals surface area contributed by atoms with Crippen molar-refractivity contribution >= 4 is 23.1 Å². The van der Waals surface area contributed by atoms with Gasteiger partial charge >= 0.3 is 6.03 Å². The number of non-ortho nitro benzene ring substituents is 1. The van der Waals surface area contributed by atoms with Crippen LogP contribution in [-0.4, -0.2) is 31.6 Å². The maximum Gasteiger partial charge on any atom is 0.319 e. The van der Waals surface area contributed by atoms with E-state index in [9.17, 15) is 14.9 Å². The van der Waals surface area contributed by atoms with Crippen LogP contribution < -0.4 is 15.5 Å². The molecule has 0 spiro atoms. The Balaban J connectivity index is 2.08. The van der Waals surface area contributed by atoms with Gasteiger partial charge in [-0.2, -0.15) is 0 Å². The summed E-state index contributed by atoms with van der Waals surface area (Å²) < 4.78 is 0. The molecule has 7 nitrogen and oxygen atoms in total. The van der Waals surface area contributed by atoms with Crippen LogP contribution in [0.2, 0.25) is 0 Å². The first kappa shape index (κ1) is 17.3. The molecule has 0 heterocycles. The Kier molecular flexibility index (Phi) is 5.36. The smallest absolute Gasteiger partial charge is 0.319 e. The van der Waals surface area contributed by atoms with E-state index in [0.717, 1.165) is 16.9 Å². The number of urea groups is 1. The van der Waals surface area contributed by atoms with Gasteiger partial charge in [0.2, 0.25) is 0 Å². The summed E-state index contributed by atoms with van der Waals surface area (Å²) in [6.07, 6.45) is 0.552. The van der Waals surface area contributed by atoms with E-state index in [1.54, 1.807) is 12.1 Å². The third-order valence-electron chi connectivity index (χ3n) is 3.72. The third kappa shape index (κ3) is 4.22. The largest absolute Gasteiger partial charge is 0.378 e. The average molecular weight is 328 g/mol. The molecular weight excluding hydrogens is 308 g/mol. The van der Waals surface area contributed by atoms with Gasteiger partial charge < -0.3 is 10.6 Å². The van der Waals surface area contributed by atoms with Gasteiger partial charge in [-0.3, -0.25) is 15.0 Å². The molecule has 7 heteroatoms. The van der Waals surface area contributed by atoms with Crippen LogP contribution in [0, 0.1) is 10.1 Å². The zero-order valence-electron chi connectivity index (χ0n) is 13.7. The van der Waals surface area contributed by atoms with E-state index in [2.05, 4.69) is 0 Å². The highest BCUT2D eigenvalue weighted by molar-refractivity contribution is 5.90. The number of nitro groups is 1. The molecule has 0 unspecified atom stereocenters. The predicted molar refractivity (Wildman–Crippen MR) is 94.5 cm³/mol. The summed E-state index contributed by atoms with van der Waals surface area (Å²) in [5.74, 6) is 0. The Hall–Kier alpha value is -3.09. The van der Waals surface area contributed by atoms with Crippen LogP contribution in [0.4, 0.5) is 21.9 Å². The minimum Gasteiger partial charge on any atom is -0.378 e. The van der Waals surface area contributed by atoms with Crippen molar-refractivity contribution in [3.8, 4) is 0 Å². The summed E-state index contributed by atoms with van der Waals surface area (Å²) in [5.41, 5.74) is 8.17. The molecular formula is C17H20N4O3. The fourth-order valence-electron chi connectivity index (χ4n) is 2.32. The zero-order valence-corrected chi connectivity index (χ0v) is 13.7. The van der Waals surface area contributed by atoms with E-state index in [-0.39, 0.29) is 5.69 Å². The maximum absolute atomic E-state index is 11.7. The lowest BCUT2D eigenvalue weighted by Gasteiger charge is -2.21. The number of carbonyl (C=O) groups is 1. The molecule has 0 aliphatic rings. The van der Waals surface area contributed by atoms with Crippen molar-refractivity contribution in [2.75, 3.05) is 30.4 Å². The van der Waals surface area contributed by atoms with Gasteiger partial charge in [-0.15, -0.1) is 0 Å². The number of rotatable bonds is 6. The van der Waals surface area contributed by atoms with Crippen molar-refractivity contribution in [1.29, 1.82) is 0 Å². The molecule has 0 fully saturated rings. The number of nitrogens with two attached hydrogens (primary N) is 1. The topological polar surface area (TPSA) is 92.7 Å². The first-order valence-electron chi connectivity index (χ1n) is 7.46. The Morgan fingerprint density at radius 2 is 1.58 bits per heavy atom. The van der Waals surface area contributed by atoms with Gasteiger partial charge in [0.1, 0.15) is 0 Å². The van der Waals surface area contributed by atoms with Gasteiger partial charge in [0.25, 0.3) is 5.69 Å². The Bertz CT molecular complexity index is 712. The van der Waals surface area contributed by atoms with Gasteiger partial charge in [0, 0.05) is 44.1 Å². The highest BCUT2D eigenvalue weighted by Gasteiger charge is 2.13. The van der Waals surface area contributed by atoms with Crippen LogP contribution in [0.3, 0.4) is 0 Å². The van der Waals surface area contributed by atoms with Crippen molar-refractivity contribution in [3.63, 3.8) is 0 Å². The highest BCUT2D eigenvalue weighted by atomic mass is 16.6. The quantitative estimate of drug-likeness (QED) is 0.652. The van der Waals surface area contributed by atoms with E-state index in [4.69, 9.17) is 5.73 Å². The fraction of sp³-hybridized carbons (Fsp3) is 0.235. The minimum atomic E-state index is -0.533. The first-order chi connectivity index (χ1) is 11.4. The lowest BCUT2D eigenvalue weighted by atomic mass is 10.1. The predicted octanol–water partition coefficient (Wildman–Crippen LogP) is 2.79. The standard InChI is InChI=1S/C17H20N4O3/c1-19(2)14-7-9-15(10-8-14)20(17(18)22)12-11-13-3-5-16(6-4-13)21(23)24/h3-10H,11-12H2,1-2H3,(H2,18,22). The molecule has 2 aromatic carbocycles. The van der Waals surface area contributed by atoms with Crippen molar-refractivity contribution in [2.24, 2.45) is 5.73 Å². The molecule has 2 N–H and O–H groups in total. The molecule has 0 bridgehead atoms. The van der Waals surface area contributed by atoms with Crippen LogP contribution in [0.25, 0.3) is 0 Å². The number of benzene rings is 2. The van der Waals surface area contributed by atoms with Gasteiger partial charge in [0.15, 0.2) is 0 Å². The summed E-state index contributed by atoms with van der Waals surface area (Å²) in [6.45, 7) is 0.397. The minimum absolute atomic E-state index is 0.0461. The van der Waals surface area contributed by atoms with Crippen LogP contribution in [0.15, 0.2) is 48.5 Å². The number of anilines is 2. The summed E-state index contributed by atoms with van der Waals surface area (Å²) in [5, 5.41) is 10.7. The Morgan fingerprint density at radius 1 is 1.04 bits per heavy atom. The van der Waals surface area contributed by atoms with Gasteiger partial charge in [0.05, 0.1) is 4.92 Å². The van der Waals surface area contributed by atoms with Crippen molar-refractivity contribution in [2.45, 2.75) is 6.42 Å². The van der Waals surface area contributed by atoms with Gasteiger partial charge in [-0.25, -0.2) is 4.79 Å². The Labute approximate surface area is 140 Å². The van der Waals surface area contributed by atoms with Gasteiger partial charge in [-0.05, 0) is 36.2 Å². The number of carbonyl (C=O) groups excluding carboxylic acids is 1. The molecule has 0 atom stereocenters. The van der Waals surface area contributed by atoms with Crippen molar-refractivity contribution < 1.29 is 9.72 Å². The molecule has 0 radical (unpaired) electrons. The van der Waals surface area contributed by atoms with E-state index < -0.39 is 11.0 Å². The lowest BCUT2D eigenvalue weighted by molar-refractivity contribution is -0.384. The molecule has 0 aliphatic heterocycles. The molecule has 2 aromatic rings. The molecule has 0 saturated heterocycles. The fourth-order valence-corrected chi connectivity index (χ4v) is 2.32. The van der Waals surface area contributed by atoms with Crippen LogP contribution >= 0.6 is 0 Å². The second kappa shape index (κ2) is 7.45. The molecule has 0 aromatic heterocycles. The number of primary amides is 1. The normalized spacial score (nSPS) is 10.2. The summed E-state index contributed by atoms with van der Waals surface area (Å²) in [4.78, 5) is 25.4. The maximum atomic E-state index is 11.7. The van der Waals surface area contributed by atoms with E-state index in [1.165, 1.54) is 17.0 Å². The van der Waals surface area contributed by atoms with Crippen molar-refractivity contribution in [3.05, 3.63) is 64.2 Å². The summed E-state index contributed by atoms with van der Waals surface area (Å²) in [7, 11) is 3.88. The molecule has 0 aliphatic carbocycles. The molecule has 24 heavy (non-hydrogen) atoms. The lowest BCUT2D eigenvalue weighted by Crippen LogP contribution is -2.37. The van der Waals surface area contributed by atoms with E-state index in [1.807, 2.05) is 43.3 Å². The zero-order chi connectivity index (χ0) is 17.7. The number of nitro benzene ring substituents is 1. The van der Waals surface area contributed by atoms with Crippen LogP contribution in [0.5, 0.6) is 0 Å². The van der Waals surface area contributed by atoms with Crippen LogP contribution in [-0.2, 0) is 6.42 Å². The second-order valence-electron chi connectivity index (χ2n) is 5.57. The number of nitrogens with zero attached hydrogens (tertiary/aromatic N) is 3. The number of hydrogen-bond acceptors (Lipinski definition) is 4. The van der Waals surface area contributed by atoms with Crippen LogP contribution in [0.1, 0.15) is 5.56 Å². The van der Waals surface area contributed by atoms with E-state index in [0.29, 0.717) is 13.0 Å². The van der Waals surface area contributed by atoms with E-state index >= 15 is 0 Å². The molecule has 0 saturated carbocycles. The monoisotopic (exact) mass is 328 g/mol. The number of hydrogen-bond donors (Lipinski definition) is 1.